The highest BCUT2D eigenvalue weighted by atomic mass is 16.5. The first kappa shape index (κ1) is 19.9. The van der Waals surface area contributed by atoms with E-state index in [0.717, 1.165) is 28.2 Å². The quantitative estimate of drug-likeness (QED) is 0.661. The predicted octanol–water partition coefficient (Wildman–Crippen LogP) is 3.10. The summed E-state index contributed by atoms with van der Waals surface area (Å²) in [6.07, 6.45) is 0.326. The van der Waals surface area contributed by atoms with Gasteiger partial charge in [-0.05, 0) is 32.9 Å². The van der Waals surface area contributed by atoms with Crippen molar-refractivity contribution < 1.29 is 14.3 Å². The fourth-order valence-corrected chi connectivity index (χ4v) is 4.10. The Kier molecular flexibility index (Phi) is 4.93. The molecule has 1 unspecified atom stereocenters. The van der Waals surface area contributed by atoms with Crippen molar-refractivity contribution in [3.63, 3.8) is 0 Å². The van der Waals surface area contributed by atoms with E-state index in [-0.39, 0.29) is 11.8 Å². The maximum Gasteiger partial charge on any atom is 0.252 e. The number of nitrogens with zero attached hydrogens (tertiary/aromatic N) is 5. The molecule has 1 amide bonds. The molecular weight excluding hydrogens is 382 g/mol. The van der Waals surface area contributed by atoms with E-state index in [9.17, 15) is 4.79 Å². The van der Waals surface area contributed by atoms with E-state index < -0.39 is 0 Å². The van der Waals surface area contributed by atoms with Crippen LogP contribution in [0.4, 0.5) is 5.82 Å². The summed E-state index contributed by atoms with van der Waals surface area (Å²) >= 11 is 0. The second-order valence-corrected chi connectivity index (χ2v) is 7.50. The number of ether oxygens (including phenoxy) is 2. The summed E-state index contributed by atoms with van der Waals surface area (Å²) in [7, 11) is 5.00. The number of amides is 1. The van der Waals surface area contributed by atoms with Gasteiger partial charge in [0.05, 0.1) is 19.9 Å². The van der Waals surface area contributed by atoms with Crippen LogP contribution in [0, 0.1) is 20.8 Å². The Morgan fingerprint density at radius 1 is 1.03 bits per heavy atom. The first-order valence-corrected chi connectivity index (χ1v) is 9.74. The number of hydrogen-bond acceptors (Lipinski definition) is 6. The predicted molar refractivity (Wildman–Crippen MR) is 113 cm³/mol. The topological polar surface area (TPSA) is 82.4 Å². The van der Waals surface area contributed by atoms with Gasteiger partial charge < -0.3 is 9.47 Å². The second-order valence-electron chi connectivity index (χ2n) is 7.50. The SMILES string of the molecule is COc1ccc(C2CC(=O)N(C)c3c2c(C)nn3-c2nc(C)cc(C)n2)c(OC)c1. The summed E-state index contributed by atoms with van der Waals surface area (Å²) in [6.45, 7) is 5.78. The molecule has 1 aromatic carbocycles. The molecule has 3 aromatic rings. The van der Waals surface area contributed by atoms with Gasteiger partial charge in [-0.15, -0.1) is 0 Å². The van der Waals surface area contributed by atoms with E-state index in [0.29, 0.717) is 29.7 Å². The van der Waals surface area contributed by atoms with Crippen molar-refractivity contribution >= 4 is 11.7 Å². The van der Waals surface area contributed by atoms with Gasteiger partial charge in [-0.1, -0.05) is 6.07 Å². The number of carbonyl (C=O) groups is 1. The lowest BCUT2D eigenvalue weighted by Gasteiger charge is -2.31. The van der Waals surface area contributed by atoms with Gasteiger partial charge in [-0.25, -0.2) is 9.97 Å². The van der Waals surface area contributed by atoms with Crippen molar-refractivity contribution in [1.82, 2.24) is 19.7 Å². The fourth-order valence-electron chi connectivity index (χ4n) is 4.10. The van der Waals surface area contributed by atoms with E-state index >= 15 is 0 Å². The van der Waals surface area contributed by atoms with Gasteiger partial charge >= 0.3 is 0 Å². The van der Waals surface area contributed by atoms with Crippen LogP contribution in [-0.4, -0.2) is 46.9 Å². The largest absolute Gasteiger partial charge is 0.497 e. The molecule has 2 aromatic heterocycles. The van der Waals surface area contributed by atoms with Crippen LogP contribution in [0.15, 0.2) is 24.3 Å². The lowest BCUT2D eigenvalue weighted by Crippen LogP contribution is -2.35. The highest BCUT2D eigenvalue weighted by molar-refractivity contribution is 5.97. The molecule has 1 atom stereocenters. The molecule has 0 radical (unpaired) electrons. The van der Waals surface area contributed by atoms with Crippen molar-refractivity contribution in [1.29, 1.82) is 0 Å². The van der Waals surface area contributed by atoms with Crippen molar-refractivity contribution in [3.05, 3.63) is 52.5 Å². The van der Waals surface area contributed by atoms with Crippen molar-refractivity contribution in [2.45, 2.75) is 33.1 Å². The smallest absolute Gasteiger partial charge is 0.252 e. The van der Waals surface area contributed by atoms with Crippen molar-refractivity contribution in [2.24, 2.45) is 0 Å². The minimum atomic E-state index is -0.191. The van der Waals surface area contributed by atoms with Crippen molar-refractivity contribution in [3.8, 4) is 17.4 Å². The molecule has 0 saturated heterocycles. The monoisotopic (exact) mass is 407 g/mol. The van der Waals surface area contributed by atoms with Crippen LogP contribution < -0.4 is 14.4 Å². The molecular formula is C22H25N5O3. The van der Waals surface area contributed by atoms with Crippen molar-refractivity contribution in [2.75, 3.05) is 26.2 Å². The van der Waals surface area contributed by atoms with Crippen LogP contribution in [0.2, 0.25) is 0 Å². The molecule has 3 heterocycles. The van der Waals surface area contributed by atoms with Gasteiger partial charge in [0.15, 0.2) is 0 Å². The number of aromatic nitrogens is 4. The molecule has 0 bridgehead atoms. The van der Waals surface area contributed by atoms with E-state index in [4.69, 9.17) is 14.6 Å². The first-order valence-electron chi connectivity index (χ1n) is 9.74. The van der Waals surface area contributed by atoms with Crippen LogP contribution in [0.3, 0.4) is 0 Å². The van der Waals surface area contributed by atoms with Gasteiger partial charge in [0.2, 0.25) is 5.91 Å². The average molecular weight is 407 g/mol. The summed E-state index contributed by atoms with van der Waals surface area (Å²) in [5.41, 5.74) is 4.42. The lowest BCUT2D eigenvalue weighted by atomic mass is 9.84. The van der Waals surface area contributed by atoms with E-state index in [2.05, 4.69) is 9.97 Å². The number of aryl methyl sites for hydroxylation is 3. The number of methoxy groups -OCH3 is 2. The molecule has 4 rings (SSSR count). The molecule has 30 heavy (non-hydrogen) atoms. The summed E-state index contributed by atoms with van der Waals surface area (Å²) in [6, 6.07) is 7.58. The molecule has 0 N–H and O–H groups in total. The second kappa shape index (κ2) is 7.44. The lowest BCUT2D eigenvalue weighted by molar-refractivity contribution is -0.118. The van der Waals surface area contributed by atoms with E-state index in [1.807, 2.05) is 45.0 Å². The van der Waals surface area contributed by atoms with E-state index in [1.165, 1.54) is 0 Å². The number of carbonyl (C=O) groups excluding carboxylic acids is 1. The minimum Gasteiger partial charge on any atom is -0.497 e. The number of anilines is 1. The summed E-state index contributed by atoms with van der Waals surface area (Å²) in [5.74, 6) is 2.33. The van der Waals surface area contributed by atoms with Gasteiger partial charge in [0.1, 0.15) is 17.3 Å². The van der Waals surface area contributed by atoms with Crippen LogP contribution in [0.25, 0.3) is 5.95 Å². The van der Waals surface area contributed by atoms with Gasteiger partial charge in [0.25, 0.3) is 5.95 Å². The molecule has 0 fully saturated rings. The third-order valence-electron chi connectivity index (χ3n) is 5.48. The van der Waals surface area contributed by atoms with Crippen LogP contribution in [0.5, 0.6) is 11.5 Å². The Balaban J connectivity index is 1.93. The Morgan fingerprint density at radius 3 is 2.37 bits per heavy atom. The Bertz CT molecular complexity index is 1120. The van der Waals surface area contributed by atoms with Gasteiger partial charge in [-0.2, -0.15) is 9.78 Å². The first-order chi connectivity index (χ1) is 14.3. The maximum absolute atomic E-state index is 13.0. The summed E-state index contributed by atoms with van der Waals surface area (Å²) < 4.78 is 12.6. The number of rotatable bonds is 4. The third kappa shape index (κ3) is 3.18. The number of fused-ring (bicyclic) bond motifs is 1. The zero-order valence-electron chi connectivity index (χ0n) is 18.1. The molecule has 0 spiro atoms. The highest BCUT2D eigenvalue weighted by Gasteiger charge is 2.38. The summed E-state index contributed by atoms with van der Waals surface area (Å²) in [4.78, 5) is 23.7. The maximum atomic E-state index is 13.0. The van der Waals surface area contributed by atoms with Crippen LogP contribution in [0.1, 0.15) is 40.5 Å². The third-order valence-corrected chi connectivity index (χ3v) is 5.48. The van der Waals surface area contributed by atoms with Crippen LogP contribution >= 0.6 is 0 Å². The normalized spacial score (nSPS) is 15.9. The summed E-state index contributed by atoms with van der Waals surface area (Å²) in [5, 5.41) is 4.73. The van der Waals surface area contributed by atoms with Gasteiger partial charge in [0, 0.05) is 48.0 Å². The minimum absolute atomic E-state index is 0.00380. The molecule has 1 aliphatic heterocycles. The molecule has 0 saturated carbocycles. The average Bonchev–Trinajstić information content (AvgIpc) is 3.07. The molecule has 8 heteroatoms. The molecule has 8 nitrogen and oxygen atoms in total. The number of benzene rings is 1. The van der Waals surface area contributed by atoms with Gasteiger partial charge in [-0.3, -0.25) is 9.69 Å². The highest BCUT2D eigenvalue weighted by Crippen LogP contribution is 2.45. The number of hydrogen-bond donors (Lipinski definition) is 0. The standard InChI is InChI=1S/C22H25N5O3/c1-12-9-13(2)24-22(23-12)27-21-20(14(3)25-27)17(11-19(28)26(21)4)16-8-7-15(29-5)10-18(16)30-6/h7-10,17H,11H2,1-6H3. The van der Waals surface area contributed by atoms with Crippen LogP contribution in [-0.2, 0) is 4.79 Å². The Hall–Kier alpha value is -3.42. The molecule has 156 valence electrons. The van der Waals surface area contributed by atoms with E-state index in [1.54, 1.807) is 30.8 Å². The fraction of sp³-hybridized carbons (Fsp3) is 0.364. The molecule has 0 aliphatic carbocycles. The Morgan fingerprint density at radius 2 is 1.73 bits per heavy atom. The zero-order chi connectivity index (χ0) is 21.6. The zero-order valence-corrected chi connectivity index (χ0v) is 18.1. The Labute approximate surface area is 175 Å². The molecule has 1 aliphatic rings.